The maximum Gasteiger partial charge on any atom is 0.341 e. The van der Waals surface area contributed by atoms with Crippen LogP contribution in [-0.2, 0) is 4.74 Å². The number of esters is 1. The molecule has 3 nitrogen and oxygen atoms in total. The predicted octanol–water partition coefficient (Wildman–Crippen LogP) is 4.20. The van der Waals surface area contributed by atoms with Gasteiger partial charge < -0.3 is 9.47 Å². The Morgan fingerprint density at radius 2 is 1.90 bits per heavy atom. The van der Waals surface area contributed by atoms with E-state index >= 15 is 0 Å². The first kappa shape index (κ1) is 14.3. The number of carbonyl (C=O) groups is 1. The Morgan fingerprint density at radius 3 is 2.60 bits per heavy atom. The van der Waals surface area contributed by atoms with Crippen LogP contribution in [-0.4, -0.2) is 13.1 Å². The first-order chi connectivity index (χ1) is 9.52. The van der Waals surface area contributed by atoms with E-state index < -0.39 is 17.6 Å². The summed E-state index contributed by atoms with van der Waals surface area (Å²) >= 11 is 5.62. The van der Waals surface area contributed by atoms with Crippen LogP contribution in [0, 0.1) is 11.6 Å². The molecule has 0 aliphatic rings. The highest BCUT2D eigenvalue weighted by Crippen LogP contribution is 2.31. The Kier molecular flexibility index (Phi) is 4.20. The molecule has 0 aliphatic carbocycles. The normalized spacial score (nSPS) is 10.2. The monoisotopic (exact) mass is 298 g/mol. The third kappa shape index (κ3) is 2.88. The van der Waals surface area contributed by atoms with Crippen LogP contribution in [0.1, 0.15) is 10.4 Å². The van der Waals surface area contributed by atoms with Crippen molar-refractivity contribution in [1.29, 1.82) is 0 Å². The zero-order chi connectivity index (χ0) is 14.7. The lowest BCUT2D eigenvalue weighted by Gasteiger charge is -2.11. The van der Waals surface area contributed by atoms with Crippen LogP contribution >= 0.6 is 11.6 Å². The van der Waals surface area contributed by atoms with Crippen LogP contribution in [0.5, 0.6) is 11.5 Å². The van der Waals surface area contributed by atoms with Gasteiger partial charge in [-0.2, -0.15) is 0 Å². The molecule has 2 rings (SSSR count). The standard InChI is InChI=1S/C14H9ClF2O3/c1-19-14(18)9-6-5-8(16)7-12(9)20-11-4-2-3-10(15)13(11)17/h2-7H,1H3. The van der Waals surface area contributed by atoms with Gasteiger partial charge in [-0.15, -0.1) is 0 Å². The summed E-state index contributed by atoms with van der Waals surface area (Å²) in [6, 6.07) is 7.36. The molecule has 0 radical (unpaired) electrons. The summed E-state index contributed by atoms with van der Waals surface area (Å²) in [4.78, 5) is 11.5. The topological polar surface area (TPSA) is 35.5 Å². The summed E-state index contributed by atoms with van der Waals surface area (Å²) in [7, 11) is 1.18. The highest BCUT2D eigenvalue weighted by molar-refractivity contribution is 6.30. The lowest BCUT2D eigenvalue weighted by atomic mass is 10.2. The van der Waals surface area contributed by atoms with E-state index in [9.17, 15) is 13.6 Å². The fraction of sp³-hybridized carbons (Fsp3) is 0.0714. The molecule has 0 fully saturated rings. The van der Waals surface area contributed by atoms with Gasteiger partial charge in [0.2, 0.25) is 0 Å². The number of ether oxygens (including phenoxy) is 2. The van der Waals surface area contributed by atoms with Gasteiger partial charge in [-0.25, -0.2) is 13.6 Å². The number of rotatable bonds is 3. The summed E-state index contributed by atoms with van der Waals surface area (Å²) in [5, 5.41) is -0.140. The van der Waals surface area contributed by atoms with Gasteiger partial charge in [0.25, 0.3) is 0 Å². The minimum absolute atomic E-state index is 0.0201. The SMILES string of the molecule is COC(=O)c1ccc(F)cc1Oc1cccc(Cl)c1F. The van der Waals surface area contributed by atoms with Gasteiger partial charge in [0.15, 0.2) is 11.6 Å². The van der Waals surface area contributed by atoms with Gasteiger partial charge >= 0.3 is 5.97 Å². The number of halogens is 3. The first-order valence-corrected chi connectivity index (χ1v) is 5.90. The Hall–Kier alpha value is -2.14. The molecule has 0 aliphatic heterocycles. The molecule has 0 amide bonds. The van der Waals surface area contributed by atoms with E-state index in [2.05, 4.69) is 4.74 Å². The van der Waals surface area contributed by atoms with Crippen molar-refractivity contribution >= 4 is 17.6 Å². The van der Waals surface area contributed by atoms with Gasteiger partial charge in [0.05, 0.1) is 12.1 Å². The fourth-order valence-electron chi connectivity index (χ4n) is 1.54. The summed E-state index contributed by atoms with van der Waals surface area (Å²) in [6.07, 6.45) is 0. The molecular weight excluding hydrogens is 290 g/mol. The molecule has 0 saturated heterocycles. The summed E-state index contributed by atoms with van der Waals surface area (Å²) in [5.41, 5.74) is -0.0201. The second kappa shape index (κ2) is 5.88. The number of carbonyl (C=O) groups excluding carboxylic acids is 1. The lowest BCUT2D eigenvalue weighted by Crippen LogP contribution is -2.04. The number of methoxy groups -OCH3 is 1. The predicted molar refractivity (Wildman–Crippen MR) is 69.2 cm³/mol. The average Bonchev–Trinajstić information content (AvgIpc) is 2.43. The molecule has 0 unspecified atom stereocenters. The van der Waals surface area contributed by atoms with Crippen molar-refractivity contribution in [2.24, 2.45) is 0 Å². The maximum absolute atomic E-state index is 13.7. The van der Waals surface area contributed by atoms with E-state index in [-0.39, 0.29) is 22.1 Å². The quantitative estimate of drug-likeness (QED) is 0.797. The van der Waals surface area contributed by atoms with Crippen LogP contribution in [0.4, 0.5) is 8.78 Å². The summed E-state index contributed by atoms with van der Waals surface area (Å²) < 4.78 is 36.8. The second-order valence-corrected chi connectivity index (χ2v) is 4.19. The van der Waals surface area contributed by atoms with Crippen molar-refractivity contribution in [2.45, 2.75) is 0 Å². The summed E-state index contributed by atoms with van der Waals surface area (Å²) in [5.74, 6) is -2.52. The Labute approximate surface area is 118 Å². The molecule has 0 spiro atoms. The highest BCUT2D eigenvalue weighted by atomic mass is 35.5. The van der Waals surface area contributed by atoms with E-state index in [0.29, 0.717) is 0 Å². The van der Waals surface area contributed by atoms with Crippen molar-refractivity contribution in [3.63, 3.8) is 0 Å². The molecule has 0 heterocycles. The minimum Gasteiger partial charge on any atom is -0.465 e. The zero-order valence-electron chi connectivity index (χ0n) is 10.3. The zero-order valence-corrected chi connectivity index (χ0v) is 11.1. The summed E-state index contributed by atoms with van der Waals surface area (Å²) in [6.45, 7) is 0. The van der Waals surface area contributed by atoms with Crippen LogP contribution in [0.15, 0.2) is 36.4 Å². The van der Waals surface area contributed by atoms with Crippen LogP contribution in [0.3, 0.4) is 0 Å². The minimum atomic E-state index is -0.797. The van der Waals surface area contributed by atoms with Crippen LogP contribution < -0.4 is 4.74 Å². The Balaban J connectivity index is 2.44. The highest BCUT2D eigenvalue weighted by Gasteiger charge is 2.17. The molecule has 0 saturated carbocycles. The van der Waals surface area contributed by atoms with Gasteiger partial charge in [-0.05, 0) is 24.3 Å². The van der Waals surface area contributed by atoms with E-state index in [1.54, 1.807) is 0 Å². The molecule has 20 heavy (non-hydrogen) atoms. The molecule has 2 aromatic carbocycles. The number of hydrogen-bond acceptors (Lipinski definition) is 3. The molecular formula is C14H9ClF2O3. The second-order valence-electron chi connectivity index (χ2n) is 3.79. The van der Waals surface area contributed by atoms with Crippen LogP contribution in [0.2, 0.25) is 5.02 Å². The van der Waals surface area contributed by atoms with Gasteiger partial charge in [-0.1, -0.05) is 17.7 Å². The van der Waals surface area contributed by atoms with Crippen molar-refractivity contribution in [1.82, 2.24) is 0 Å². The van der Waals surface area contributed by atoms with Crippen molar-refractivity contribution in [3.8, 4) is 11.5 Å². The Bertz CT molecular complexity index is 659. The van der Waals surface area contributed by atoms with Crippen molar-refractivity contribution in [3.05, 3.63) is 58.6 Å². The molecule has 0 atom stereocenters. The average molecular weight is 299 g/mol. The van der Waals surface area contributed by atoms with E-state index in [0.717, 1.165) is 12.1 Å². The largest absolute Gasteiger partial charge is 0.465 e. The maximum atomic E-state index is 13.7. The van der Waals surface area contributed by atoms with E-state index in [1.165, 1.54) is 31.4 Å². The fourth-order valence-corrected chi connectivity index (χ4v) is 1.71. The molecule has 0 aromatic heterocycles. The van der Waals surface area contributed by atoms with Crippen molar-refractivity contribution < 1.29 is 23.0 Å². The van der Waals surface area contributed by atoms with Gasteiger partial charge in [0.1, 0.15) is 17.1 Å². The van der Waals surface area contributed by atoms with Crippen LogP contribution in [0.25, 0.3) is 0 Å². The number of hydrogen-bond donors (Lipinski definition) is 0. The third-order valence-electron chi connectivity index (χ3n) is 2.49. The first-order valence-electron chi connectivity index (χ1n) is 5.52. The van der Waals surface area contributed by atoms with E-state index in [1.807, 2.05) is 0 Å². The molecule has 2 aromatic rings. The van der Waals surface area contributed by atoms with Gasteiger partial charge in [0, 0.05) is 6.07 Å². The molecule has 104 valence electrons. The van der Waals surface area contributed by atoms with E-state index in [4.69, 9.17) is 16.3 Å². The molecule has 0 N–H and O–H groups in total. The number of benzene rings is 2. The molecule has 0 bridgehead atoms. The lowest BCUT2D eigenvalue weighted by molar-refractivity contribution is 0.0597. The molecule has 6 heteroatoms. The smallest absolute Gasteiger partial charge is 0.341 e. The van der Waals surface area contributed by atoms with Crippen molar-refractivity contribution in [2.75, 3.05) is 7.11 Å². The Morgan fingerprint density at radius 1 is 1.15 bits per heavy atom. The van der Waals surface area contributed by atoms with Gasteiger partial charge in [-0.3, -0.25) is 0 Å². The third-order valence-corrected chi connectivity index (χ3v) is 2.78.